The van der Waals surface area contributed by atoms with Gasteiger partial charge in [-0.3, -0.25) is 4.79 Å². The molecule has 0 spiro atoms. The molecule has 2 rings (SSSR count). The Bertz CT molecular complexity index is 611. The van der Waals surface area contributed by atoms with E-state index in [0.717, 1.165) is 11.3 Å². The number of methoxy groups -OCH3 is 2. The molecule has 1 aromatic heterocycles. The largest absolute Gasteiger partial charge is 0.497 e. The number of rotatable bonds is 5. The van der Waals surface area contributed by atoms with Gasteiger partial charge < -0.3 is 14.8 Å². The molecule has 0 bridgehead atoms. The highest BCUT2D eigenvalue weighted by Gasteiger charge is 2.13. The maximum atomic E-state index is 12.2. The van der Waals surface area contributed by atoms with E-state index in [1.807, 2.05) is 31.2 Å². The van der Waals surface area contributed by atoms with Crippen LogP contribution in [-0.4, -0.2) is 25.1 Å². The molecule has 21 heavy (non-hydrogen) atoms. The van der Waals surface area contributed by atoms with Crippen LogP contribution in [0.15, 0.2) is 42.5 Å². The molecule has 0 saturated carbocycles. The SMILES string of the molecule is COc1ccc(C(C)NC(=O)c2cccc(OC)n2)cc1. The molecule has 1 amide bonds. The van der Waals surface area contributed by atoms with Crippen LogP contribution >= 0.6 is 0 Å². The molecule has 0 fully saturated rings. The lowest BCUT2D eigenvalue weighted by Gasteiger charge is -2.14. The number of pyridine rings is 1. The first kappa shape index (κ1) is 14.8. The van der Waals surface area contributed by atoms with Gasteiger partial charge in [-0.15, -0.1) is 0 Å². The normalized spacial score (nSPS) is 11.6. The minimum absolute atomic E-state index is 0.128. The summed E-state index contributed by atoms with van der Waals surface area (Å²) < 4.78 is 10.1. The fourth-order valence-corrected chi connectivity index (χ4v) is 1.90. The van der Waals surface area contributed by atoms with Crippen molar-refractivity contribution in [2.45, 2.75) is 13.0 Å². The number of carbonyl (C=O) groups excluding carboxylic acids is 1. The van der Waals surface area contributed by atoms with Crippen molar-refractivity contribution >= 4 is 5.91 Å². The molecule has 1 atom stereocenters. The quantitative estimate of drug-likeness (QED) is 0.917. The Morgan fingerprint density at radius 1 is 1.10 bits per heavy atom. The molecule has 0 saturated heterocycles. The number of amides is 1. The Balaban J connectivity index is 2.06. The molecular formula is C16H18N2O3. The third kappa shape index (κ3) is 3.72. The number of carbonyl (C=O) groups is 1. The standard InChI is InChI=1S/C16H18N2O3/c1-11(12-7-9-13(20-2)10-8-12)17-16(19)14-5-4-6-15(18-14)21-3/h4-11H,1-3H3,(H,17,19). The van der Waals surface area contributed by atoms with Gasteiger partial charge in [0.1, 0.15) is 11.4 Å². The van der Waals surface area contributed by atoms with Crippen LogP contribution in [-0.2, 0) is 0 Å². The number of hydrogen-bond donors (Lipinski definition) is 1. The van der Waals surface area contributed by atoms with Crippen LogP contribution in [0.3, 0.4) is 0 Å². The molecular weight excluding hydrogens is 268 g/mol. The second kappa shape index (κ2) is 6.74. The topological polar surface area (TPSA) is 60.5 Å². The number of ether oxygens (including phenoxy) is 2. The summed E-state index contributed by atoms with van der Waals surface area (Å²) in [5.41, 5.74) is 1.32. The van der Waals surface area contributed by atoms with E-state index in [1.54, 1.807) is 25.3 Å². The molecule has 0 radical (unpaired) electrons. The number of benzene rings is 1. The fourth-order valence-electron chi connectivity index (χ4n) is 1.90. The zero-order chi connectivity index (χ0) is 15.2. The van der Waals surface area contributed by atoms with E-state index in [-0.39, 0.29) is 11.9 Å². The molecule has 5 nitrogen and oxygen atoms in total. The lowest BCUT2D eigenvalue weighted by atomic mass is 10.1. The maximum absolute atomic E-state index is 12.2. The first-order chi connectivity index (χ1) is 10.1. The monoisotopic (exact) mass is 286 g/mol. The average Bonchev–Trinajstić information content (AvgIpc) is 2.54. The maximum Gasteiger partial charge on any atom is 0.270 e. The fraction of sp³-hybridized carbons (Fsp3) is 0.250. The Labute approximate surface area is 123 Å². The van der Waals surface area contributed by atoms with Crippen molar-refractivity contribution in [3.63, 3.8) is 0 Å². The summed E-state index contributed by atoms with van der Waals surface area (Å²) in [5.74, 6) is 0.962. The highest BCUT2D eigenvalue weighted by atomic mass is 16.5. The van der Waals surface area contributed by atoms with Crippen molar-refractivity contribution < 1.29 is 14.3 Å². The summed E-state index contributed by atoms with van der Waals surface area (Å²) in [7, 11) is 3.14. The zero-order valence-corrected chi connectivity index (χ0v) is 12.3. The van der Waals surface area contributed by atoms with Crippen LogP contribution in [0.1, 0.15) is 29.0 Å². The highest BCUT2D eigenvalue weighted by Crippen LogP contribution is 2.17. The second-order valence-electron chi connectivity index (χ2n) is 4.53. The summed E-state index contributed by atoms with van der Waals surface area (Å²) in [5, 5.41) is 2.90. The molecule has 1 N–H and O–H groups in total. The van der Waals surface area contributed by atoms with Crippen molar-refractivity contribution in [3.8, 4) is 11.6 Å². The van der Waals surface area contributed by atoms with Gasteiger partial charge in [-0.05, 0) is 30.7 Å². The van der Waals surface area contributed by atoms with Gasteiger partial charge >= 0.3 is 0 Å². The van der Waals surface area contributed by atoms with Crippen molar-refractivity contribution in [1.29, 1.82) is 0 Å². The smallest absolute Gasteiger partial charge is 0.270 e. The number of hydrogen-bond acceptors (Lipinski definition) is 4. The van der Waals surface area contributed by atoms with Gasteiger partial charge in [0.05, 0.1) is 20.3 Å². The van der Waals surface area contributed by atoms with E-state index in [4.69, 9.17) is 9.47 Å². The number of aromatic nitrogens is 1. The van der Waals surface area contributed by atoms with Crippen LogP contribution in [0.25, 0.3) is 0 Å². The van der Waals surface area contributed by atoms with Gasteiger partial charge in [0.15, 0.2) is 0 Å². The Morgan fingerprint density at radius 3 is 2.43 bits per heavy atom. The van der Waals surface area contributed by atoms with E-state index >= 15 is 0 Å². The molecule has 5 heteroatoms. The molecule has 0 aliphatic rings. The van der Waals surface area contributed by atoms with E-state index in [1.165, 1.54) is 7.11 Å². The van der Waals surface area contributed by atoms with Gasteiger partial charge in [-0.25, -0.2) is 4.98 Å². The van der Waals surface area contributed by atoms with Crippen LogP contribution in [0, 0.1) is 0 Å². The molecule has 110 valence electrons. The Morgan fingerprint density at radius 2 is 1.81 bits per heavy atom. The van der Waals surface area contributed by atoms with Crippen molar-refractivity contribution in [2.75, 3.05) is 14.2 Å². The predicted octanol–water partition coefficient (Wildman–Crippen LogP) is 2.59. The van der Waals surface area contributed by atoms with Gasteiger partial charge in [0.2, 0.25) is 5.88 Å². The van der Waals surface area contributed by atoms with E-state index in [0.29, 0.717) is 11.6 Å². The third-order valence-corrected chi connectivity index (χ3v) is 3.13. The third-order valence-electron chi connectivity index (χ3n) is 3.13. The lowest BCUT2D eigenvalue weighted by molar-refractivity contribution is 0.0934. The van der Waals surface area contributed by atoms with Crippen molar-refractivity contribution in [3.05, 3.63) is 53.7 Å². The number of nitrogens with one attached hydrogen (secondary N) is 1. The van der Waals surface area contributed by atoms with Crippen LogP contribution in [0.5, 0.6) is 11.6 Å². The van der Waals surface area contributed by atoms with Gasteiger partial charge in [-0.2, -0.15) is 0 Å². The highest BCUT2D eigenvalue weighted by molar-refractivity contribution is 5.92. The summed E-state index contributed by atoms with van der Waals surface area (Å²) in [6.07, 6.45) is 0. The lowest BCUT2D eigenvalue weighted by Crippen LogP contribution is -2.27. The Kier molecular flexibility index (Phi) is 4.77. The second-order valence-corrected chi connectivity index (χ2v) is 4.53. The Hall–Kier alpha value is -2.56. The first-order valence-corrected chi connectivity index (χ1v) is 6.60. The van der Waals surface area contributed by atoms with E-state index in [9.17, 15) is 4.79 Å². The molecule has 0 aliphatic heterocycles. The van der Waals surface area contributed by atoms with Crippen LogP contribution in [0.4, 0.5) is 0 Å². The van der Waals surface area contributed by atoms with Crippen LogP contribution < -0.4 is 14.8 Å². The van der Waals surface area contributed by atoms with E-state index < -0.39 is 0 Å². The molecule has 2 aromatic rings. The zero-order valence-electron chi connectivity index (χ0n) is 12.3. The van der Waals surface area contributed by atoms with Crippen molar-refractivity contribution in [2.24, 2.45) is 0 Å². The predicted molar refractivity (Wildman–Crippen MR) is 79.7 cm³/mol. The summed E-state index contributed by atoms with van der Waals surface area (Å²) >= 11 is 0. The minimum atomic E-state index is -0.239. The molecule has 1 heterocycles. The van der Waals surface area contributed by atoms with Gasteiger partial charge in [-0.1, -0.05) is 18.2 Å². The minimum Gasteiger partial charge on any atom is -0.497 e. The summed E-state index contributed by atoms with van der Waals surface area (Å²) in [6.45, 7) is 1.92. The summed E-state index contributed by atoms with van der Waals surface area (Å²) in [4.78, 5) is 16.3. The molecule has 0 aliphatic carbocycles. The molecule has 1 unspecified atom stereocenters. The molecule has 1 aromatic carbocycles. The van der Waals surface area contributed by atoms with Crippen LogP contribution in [0.2, 0.25) is 0 Å². The van der Waals surface area contributed by atoms with Gasteiger partial charge in [0, 0.05) is 6.07 Å². The average molecular weight is 286 g/mol. The van der Waals surface area contributed by atoms with E-state index in [2.05, 4.69) is 10.3 Å². The van der Waals surface area contributed by atoms with Crippen molar-refractivity contribution in [1.82, 2.24) is 10.3 Å². The summed E-state index contributed by atoms with van der Waals surface area (Å²) in [6, 6.07) is 12.5. The van der Waals surface area contributed by atoms with Gasteiger partial charge in [0.25, 0.3) is 5.91 Å². The number of nitrogens with zero attached hydrogens (tertiary/aromatic N) is 1. The first-order valence-electron chi connectivity index (χ1n) is 6.60.